The molecule has 3 aromatic rings. The topological polar surface area (TPSA) is 114 Å². The molecule has 0 unspecified atom stereocenters. The molecule has 0 aliphatic carbocycles. The van der Waals surface area contributed by atoms with Crippen LogP contribution in [0.1, 0.15) is 20.3 Å². The summed E-state index contributed by atoms with van der Waals surface area (Å²) >= 11 is 4.67. The van der Waals surface area contributed by atoms with Crippen LogP contribution in [0.4, 0.5) is 15.6 Å². The zero-order valence-corrected chi connectivity index (χ0v) is 21.6. The number of nitrogens with zero attached hydrogens (tertiary/aromatic N) is 2. The molecule has 3 amide bonds. The van der Waals surface area contributed by atoms with Crippen molar-refractivity contribution in [3.63, 3.8) is 0 Å². The van der Waals surface area contributed by atoms with E-state index in [9.17, 15) is 9.59 Å². The fraction of sp³-hybridized carbons (Fsp3) is 0.304. The zero-order valence-electron chi connectivity index (χ0n) is 19.2. The number of nitrogens with one attached hydrogen (secondary N) is 3. The van der Waals surface area contributed by atoms with Gasteiger partial charge in [-0.05, 0) is 18.1 Å². The number of carbonyl (C=O) groups is 2. The smallest absolute Gasteiger partial charge is 0.319 e. The first kappa shape index (κ1) is 25.4. The number of hydrogen-bond acceptors (Lipinski definition) is 7. The van der Waals surface area contributed by atoms with Crippen LogP contribution in [0.15, 0.2) is 46.9 Å². The van der Waals surface area contributed by atoms with Gasteiger partial charge in [-0.15, -0.1) is 10.2 Å². The van der Waals surface area contributed by atoms with E-state index < -0.39 is 12.1 Å². The summed E-state index contributed by atoms with van der Waals surface area (Å²) in [6.07, 6.45) is 0.686. The molecule has 0 fully saturated rings. The Morgan fingerprint density at radius 3 is 2.26 bits per heavy atom. The summed E-state index contributed by atoms with van der Waals surface area (Å²) in [6, 6.07) is 11.4. The third-order valence-electron chi connectivity index (χ3n) is 5.14. The molecule has 0 bridgehead atoms. The fourth-order valence-corrected chi connectivity index (χ4v) is 4.07. The summed E-state index contributed by atoms with van der Waals surface area (Å²) in [5, 5.41) is 17.5. The van der Waals surface area contributed by atoms with Gasteiger partial charge in [0.15, 0.2) is 0 Å². The van der Waals surface area contributed by atoms with Crippen molar-refractivity contribution in [1.82, 2.24) is 15.5 Å². The van der Waals surface area contributed by atoms with Gasteiger partial charge in [-0.1, -0.05) is 59.7 Å². The lowest BCUT2D eigenvalue weighted by molar-refractivity contribution is -0.119. The minimum Gasteiger partial charge on any atom is -0.497 e. The molecule has 1 heterocycles. The average Bonchev–Trinajstić information content (AvgIpc) is 3.30. The molecule has 0 saturated heterocycles. The Labute approximate surface area is 210 Å². The Balaban J connectivity index is 1.69. The first-order valence-electron chi connectivity index (χ1n) is 10.5. The van der Waals surface area contributed by atoms with Crippen LogP contribution in [0.5, 0.6) is 11.5 Å². The van der Waals surface area contributed by atoms with Crippen LogP contribution >= 0.6 is 27.3 Å². The van der Waals surface area contributed by atoms with E-state index in [1.54, 1.807) is 18.2 Å². The molecule has 0 aliphatic rings. The summed E-state index contributed by atoms with van der Waals surface area (Å²) in [5.74, 6) is 0.572. The highest BCUT2D eigenvalue weighted by Crippen LogP contribution is 2.28. The molecule has 0 radical (unpaired) electrons. The van der Waals surface area contributed by atoms with Gasteiger partial charge < -0.3 is 20.1 Å². The molecular weight excluding hydrogens is 522 g/mol. The second-order valence-corrected chi connectivity index (χ2v) is 9.36. The number of carbonyl (C=O) groups excluding carboxylic acids is 2. The molecule has 3 N–H and O–H groups in total. The van der Waals surface area contributed by atoms with Crippen molar-refractivity contribution >= 4 is 50.0 Å². The van der Waals surface area contributed by atoms with Crippen LogP contribution in [0.3, 0.4) is 0 Å². The second kappa shape index (κ2) is 11.8. The Kier molecular flexibility index (Phi) is 8.83. The lowest BCUT2D eigenvalue weighted by Crippen LogP contribution is -2.49. The number of rotatable bonds is 9. The number of methoxy groups -OCH3 is 2. The number of halogens is 1. The van der Waals surface area contributed by atoms with Crippen molar-refractivity contribution in [2.75, 3.05) is 24.9 Å². The SMILES string of the molecule is CC[C@H](C)[C@@H](NC(=O)Nc1cc(OC)cc(OC)c1)C(=O)Nc1nnc(-c2ccc(Br)cc2)s1. The molecule has 0 saturated carbocycles. The third kappa shape index (κ3) is 6.67. The van der Waals surface area contributed by atoms with Gasteiger partial charge in [0, 0.05) is 33.9 Å². The summed E-state index contributed by atoms with van der Waals surface area (Å²) in [5.41, 5.74) is 1.37. The Bertz CT molecular complexity index is 1120. The van der Waals surface area contributed by atoms with Crippen molar-refractivity contribution in [3.8, 4) is 22.1 Å². The van der Waals surface area contributed by atoms with E-state index in [2.05, 4.69) is 42.1 Å². The number of aromatic nitrogens is 2. The standard InChI is InChI=1S/C23H26BrN5O4S/c1-5-13(2)19(26-22(31)25-16-10-17(32-3)12-18(11-16)33-4)20(30)27-23-29-28-21(34-23)14-6-8-15(24)9-7-14/h6-13,19H,5H2,1-4H3,(H2,25,26,31)(H,27,29,30)/t13-,19+/m0/s1. The third-order valence-corrected chi connectivity index (χ3v) is 6.55. The minimum absolute atomic E-state index is 0.121. The van der Waals surface area contributed by atoms with E-state index in [4.69, 9.17) is 9.47 Å². The van der Waals surface area contributed by atoms with Crippen molar-refractivity contribution in [2.45, 2.75) is 26.3 Å². The maximum atomic E-state index is 13.0. The van der Waals surface area contributed by atoms with Gasteiger partial charge in [-0.3, -0.25) is 10.1 Å². The summed E-state index contributed by atoms with van der Waals surface area (Å²) in [7, 11) is 3.05. The summed E-state index contributed by atoms with van der Waals surface area (Å²) < 4.78 is 11.4. The lowest BCUT2D eigenvalue weighted by atomic mass is 9.98. The molecule has 34 heavy (non-hydrogen) atoms. The van der Waals surface area contributed by atoms with Crippen LogP contribution in [0.2, 0.25) is 0 Å². The van der Waals surface area contributed by atoms with Crippen LogP contribution in [0, 0.1) is 5.92 Å². The van der Waals surface area contributed by atoms with Crippen molar-refractivity contribution < 1.29 is 19.1 Å². The van der Waals surface area contributed by atoms with Gasteiger partial charge in [0.05, 0.1) is 14.2 Å². The van der Waals surface area contributed by atoms with Gasteiger partial charge in [-0.25, -0.2) is 4.79 Å². The van der Waals surface area contributed by atoms with Gasteiger partial charge >= 0.3 is 6.03 Å². The molecule has 9 nitrogen and oxygen atoms in total. The molecule has 11 heteroatoms. The normalized spacial score (nSPS) is 12.4. The number of hydrogen-bond donors (Lipinski definition) is 3. The average molecular weight is 548 g/mol. The van der Waals surface area contributed by atoms with Crippen LogP contribution in [-0.2, 0) is 4.79 Å². The van der Waals surface area contributed by atoms with Crippen molar-refractivity contribution in [3.05, 3.63) is 46.9 Å². The van der Waals surface area contributed by atoms with Crippen LogP contribution in [-0.4, -0.2) is 42.4 Å². The van der Waals surface area contributed by atoms with Gasteiger partial charge in [0.25, 0.3) is 0 Å². The predicted octanol–water partition coefficient (Wildman–Crippen LogP) is 5.16. The van der Waals surface area contributed by atoms with Crippen LogP contribution in [0.25, 0.3) is 10.6 Å². The van der Waals surface area contributed by atoms with Crippen molar-refractivity contribution in [1.29, 1.82) is 0 Å². The molecule has 2 aromatic carbocycles. The number of benzene rings is 2. The van der Waals surface area contributed by atoms with Gasteiger partial charge in [-0.2, -0.15) is 0 Å². The van der Waals surface area contributed by atoms with Crippen LogP contribution < -0.4 is 25.4 Å². The highest BCUT2D eigenvalue weighted by Gasteiger charge is 2.27. The highest BCUT2D eigenvalue weighted by molar-refractivity contribution is 9.10. The Hall–Kier alpha value is -3.18. The summed E-state index contributed by atoms with van der Waals surface area (Å²) in [6.45, 7) is 3.85. The van der Waals surface area contributed by atoms with E-state index in [1.807, 2.05) is 38.1 Å². The first-order valence-corrected chi connectivity index (χ1v) is 12.1. The Morgan fingerprint density at radius 2 is 1.68 bits per heavy atom. The monoisotopic (exact) mass is 547 g/mol. The fourth-order valence-electron chi connectivity index (χ4n) is 3.06. The first-order chi connectivity index (χ1) is 16.3. The molecule has 0 spiro atoms. The maximum absolute atomic E-state index is 13.0. The summed E-state index contributed by atoms with van der Waals surface area (Å²) in [4.78, 5) is 25.7. The van der Waals surface area contributed by atoms with Gasteiger partial charge in [0.1, 0.15) is 22.5 Å². The van der Waals surface area contributed by atoms with E-state index >= 15 is 0 Å². The van der Waals surface area contributed by atoms with Gasteiger partial charge in [0.2, 0.25) is 11.0 Å². The van der Waals surface area contributed by atoms with E-state index in [1.165, 1.54) is 25.6 Å². The van der Waals surface area contributed by atoms with E-state index in [0.29, 0.717) is 33.7 Å². The minimum atomic E-state index is -0.780. The number of urea groups is 1. The largest absolute Gasteiger partial charge is 0.497 e. The molecule has 0 aliphatic heterocycles. The van der Waals surface area contributed by atoms with E-state index in [-0.39, 0.29) is 11.8 Å². The molecule has 1 aromatic heterocycles. The quantitative estimate of drug-likeness (QED) is 0.341. The second-order valence-electron chi connectivity index (χ2n) is 7.47. The molecule has 2 atom stereocenters. The van der Waals surface area contributed by atoms with Crippen molar-refractivity contribution in [2.24, 2.45) is 5.92 Å². The zero-order chi connectivity index (χ0) is 24.7. The maximum Gasteiger partial charge on any atom is 0.319 e. The number of ether oxygens (including phenoxy) is 2. The number of anilines is 2. The molecule has 3 rings (SSSR count). The van der Waals surface area contributed by atoms with E-state index in [0.717, 1.165) is 10.0 Å². The molecule has 180 valence electrons. The highest BCUT2D eigenvalue weighted by atomic mass is 79.9. The Morgan fingerprint density at radius 1 is 1.03 bits per heavy atom. The lowest BCUT2D eigenvalue weighted by Gasteiger charge is -2.23. The molecular formula is C23H26BrN5O4S. The number of amides is 3. The predicted molar refractivity (Wildman–Crippen MR) is 137 cm³/mol.